The molecule has 2 aliphatic rings. The first kappa shape index (κ1) is 21.8. The van der Waals surface area contributed by atoms with E-state index in [2.05, 4.69) is 41.5 Å². The van der Waals surface area contributed by atoms with Crippen LogP contribution in [0.4, 0.5) is 0 Å². The highest BCUT2D eigenvalue weighted by Gasteiger charge is 2.27. The van der Waals surface area contributed by atoms with E-state index in [0.29, 0.717) is 19.1 Å². The first-order valence-corrected chi connectivity index (χ1v) is 12.0. The first-order valence-electron chi connectivity index (χ1n) is 12.0. The Balaban J connectivity index is 1.32. The van der Waals surface area contributed by atoms with E-state index in [-0.39, 0.29) is 12.0 Å². The molecule has 0 aliphatic carbocycles. The van der Waals surface area contributed by atoms with Crippen LogP contribution in [-0.4, -0.2) is 59.2 Å². The molecule has 33 heavy (non-hydrogen) atoms. The molecule has 0 radical (unpaired) electrons. The Bertz CT molecular complexity index is 1140. The lowest BCUT2D eigenvalue weighted by molar-refractivity contribution is 0.0692. The molecule has 3 heterocycles. The highest BCUT2D eigenvalue weighted by Crippen LogP contribution is 2.30. The molecular formula is C27H33N3O3. The van der Waals surface area contributed by atoms with Crippen LogP contribution in [0.25, 0.3) is 10.9 Å². The summed E-state index contributed by atoms with van der Waals surface area (Å²) >= 11 is 0. The maximum Gasteiger partial charge on any atom is 0.270 e. The third kappa shape index (κ3) is 4.32. The second-order valence-electron chi connectivity index (χ2n) is 9.39. The smallest absolute Gasteiger partial charge is 0.270 e. The van der Waals surface area contributed by atoms with Gasteiger partial charge in [-0.3, -0.25) is 4.79 Å². The van der Waals surface area contributed by atoms with E-state index in [1.807, 2.05) is 35.2 Å². The molecule has 2 aromatic carbocycles. The van der Waals surface area contributed by atoms with E-state index in [9.17, 15) is 4.79 Å². The van der Waals surface area contributed by atoms with Crippen molar-refractivity contribution >= 4 is 16.8 Å². The van der Waals surface area contributed by atoms with Crippen molar-refractivity contribution in [1.82, 2.24) is 14.4 Å². The summed E-state index contributed by atoms with van der Waals surface area (Å²) in [6.45, 7) is 8.69. The number of carbonyl (C=O) groups is 1. The maximum absolute atomic E-state index is 13.3. The van der Waals surface area contributed by atoms with Crippen molar-refractivity contribution in [2.45, 2.75) is 51.9 Å². The first-order chi connectivity index (χ1) is 16.0. The summed E-state index contributed by atoms with van der Waals surface area (Å²) in [5.41, 5.74) is 2.86. The summed E-state index contributed by atoms with van der Waals surface area (Å²) < 4.78 is 13.9. The van der Waals surface area contributed by atoms with Gasteiger partial charge in [0.1, 0.15) is 23.3 Å². The Hall–Kier alpha value is -2.99. The standard InChI is InChI=1S/C27H33N3O3/c1-19(2)28-12-10-22(11-13-28)33-23-8-9-24-21(16-23)17-25-27(31)29(14-15-30(24)25)18-20-6-4-5-7-26(20)32-3/h4-9,16-17,19,22H,10-15,18H2,1-3H3. The normalized spacial score (nSPS) is 17.6. The van der Waals surface area contributed by atoms with Crippen LogP contribution in [-0.2, 0) is 13.1 Å². The Labute approximate surface area is 195 Å². The van der Waals surface area contributed by atoms with Crippen molar-refractivity contribution in [3.05, 3.63) is 59.8 Å². The Kier molecular flexibility index (Phi) is 6.02. The van der Waals surface area contributed by atoms with E-state index >= 15 is 0 Å². The number of aromatic nitrogens is 1. The number of amides is 1. The molecule has 0 unspecified atom stereocenters. The third-order valence-corrected chi connectivity index (χ3v) is 7.04. The van der Waals surface area contributed by atoms with Gasteiger partial charge < -0.3 is 23.8 Å². The van der Waals surface area contributed by atoms with E-state index < -0.39 is 0 Å². The van der Waals surface area contributed by atoms with Gasteiger partial charge >= 0.3 is 0 Å². The van der Waals surface area contributed by atoms with Crippen LogP contribution >= 0.6 is 0 Å². The lowest BCUT2D eigenvalue weighted by Gasteiger charge is -2.34. The van der Waals surface area contributed by atoms with E-state index in [1.165, 1.54) is 0 Å². The number of nitrogens with zero attached hydrogens (tertiary/aromatic N) is 3. The Morgan fingerprint density at radius 2 is 1.79 bits per heavy atom. The van der Waals surface area contributed by atoms with Gasteiger partial charge in [-0.15, -0.1) is 0 Å². The van der Waals surface area contributed by atoms with Gasteiger partial charge in [0.15, 0.2) is 0 Å². The van der Waals surface area contributed by atoms with Crippen molar-refractivity contribution in [3.8, 4) is 11.5 Å². The summed E-state index contributed by atoms with van der Waals surface area (Å²) in [6, 6.07) is 16.7. The minimum Gasteiger partial charge on any atom is -0.496 e. The van der Waals surface area contributed by atoms with Crippen LogP contribution in [0, 0.1) is 0 Å². The fraction of sp³-hybridized carbons (Fsp3) is 0.444. The minimum absolute atomic E-state index is 0.0619. The van der Waals surface area contributed by atoms with Crippen LogP contribution < -0.4 is 9.47 Å². The average Bonchev–Trinajstić information content (AvgIpc) is 3.20. The summed E-state index contributed by atoms with van der Waals surface area (Å²) in [4.78, 5) is 17.7. The van der Waals surface area contributed by atoms with Crippen LogP contribution in [0.1, 0.15) is 42.7 Å². The van der Waals surface area contributed by atoms with Gasteiger partial charge in [0.25, 0.3) is 5.91 Å². The summed E-state index contributed by atoms with van der Waals surface area (Å²) in [5, 5.41) is 1.06. The largest absolute Gasteiger partial charge is 0.496 e. The van der Waals surface area contributed by atoms with Crippen LogP contribution in [0.2, 0.25) is 0 Å². The lowest BCUT2D eigenvalue weighted by atomic mass is 10.1. The SMILES string of the molecule is COc1ccccc1CN1CCn2c(cc3cc(OC4CCN(C(C)C)CC4)ccc32)C1=O. The number of piperidine rings is 1. The van der Waals surface area contributed by atoms with Crippen molar-refractivity contribution < 1.29 is 14.3 Å². The van der Waals surface area contributed by atoms with Crippen LogP contribution in [0.3, 0.4) is 0 Å². The molecule has 174 valence electrons. The molecular weight excluding hydrogens is 414 g/mol. The highest BCUT2D eigenvalue weighted by atomic mass is 16.5. The van der Waals surface area contributed by atoms with Crippen molar-refractivity contribution in [2.75, 3.05) is 26.7 Å². The molecule has 3 aromatic rings. The predicted molar refractivity (Wildman–Crippen MR) is 130 cm³/mol. The zero-order valence-electron chi connectivity index (χ0n) is 19.8. The van der Waals surface area contributed by atoms with E-state index in [1.54, 1.807) is 7.11 Å². The lowest BCUT2D eigenvalue weighted by Crippen LogP contribution is -2.41. The van der Waals surface area contributed by atoms with Crippen molar-refractivity contribution in [2.24, 2.45) is 0 Å². The van der Waals surface area contributed by atoms with Gasteiger partial charge in [0.2, 0.25) is 0 Å². The number of rotatable bonds is 6. The molecule has 6 nitrogen and oxygen atoms in total. The Morgan fingerprint density at radius 3 is 2.55 bits per heavy atom. The van der Waals surface area contributed by atoms with Gasteiger partial charge in [-0.1, -0.05) is 18.2 Å². The number of hydrogen-bond donors (Lipinski definition) is 0. The summed E-state index contributed by atoms with van der Waals surface area (Å²) in [6.07, 6.45) is 2.37. The molecule has 6 heteroatoms. The average molecular weight is 448 g/mol. The van der Waals surface area contributed by atoms with Crippen LogP contribution in [0.5, 0.6) is 11.5 Å². The number of para-hydroxylation sites is 1. The van der Waals surface area contributed by atoms with Crippen molar-refractivity contribution in [3.63, 3.8) is 0 Å². The highest BCUT2D eigenvalue weighted by molar-refractivity contribution is 5.99. The molecule has 0 atom stereocenters. The van der Waals surface area contributed by atoms with Gasteiger partial charge in [0, 0.05) is 55.2 Å². The number of methoxy groups -OCH3 is 1. The monoisotopic (exact) mass is 447 g/mol. The molecule has 5 rings (SSSR count). The van der Waals surface area contributed by atoms with Crippen molar-refractivity contribution in [1.29, 1.82) is 0 Å². The number of fused-ring (bicyclic) bond motifs is 3. The zero-order chi connectivity index (χ0) is 22.9. The van der Waals surface area contributed by atoms with Gasteiger partial charge in [-0.05, 0) is 57.0 Å². The van der Waals surface area contributed by atoms with E-state index in [0.717, 1.165) is 66.1 Å². The fourth-order valence-corrected chi connectivity index (χ4v) is 5.12. The molecule has 1 fully saturated rings. The summed E-state index contributed by atoms with van der Waals surface area (Å²) in [5.74, 6) is 1.77. The van der Waals surface area contributed by atoms with E-state index in [4.69, 9.17) is 9.47 Å². The fourth-order valence-electron chi connectivity index (χ4n) is 5.12. The number of benzene rings is 2. The zero-order valence-corrected chi connectivity index (χ0v) is 19.8. The molecule has 0 spiro atoms. The topological polar surface area (TPSA) is 46.9 Å². The Morgan fingerprint density at radius 1 is 1.00 bits per heavy atom. The molecule has 2 aliphatic heterocycles. The molecule has 0 bridgehead atoms. The molecule has 0 saturated carbocycles. The third-order valence-electron chi connectivity index (χ3n) is 7.04. The predicted octanol–water partition coefficient (Wildman–Crippen LogP) is 4.56. The molecule has 1 aromatic heterocycles. The van der Waals surface area contributed by atoms with Crippen LogP contribution in [0.15, 0.2) is 48.5 Å². The van der Waals surface area contributed by atoms with Gasteiger partial charge in [-0.25, -0.2) is 0 Å². The minimum atomic E-state index is 0.0619. The number of likely N-dealkylation sites (tertiary alicyclic amines) is 1. The number of ether oxygens (including phenoxy) is 2. The molecule has 0 N–H and O–H groups in total. The maximum atomic E-state index is 13.3. The number of carbonyl (C=O) groups excluding carboxylic acids is 1. The van der Waals surface area contributed by atoms with Gasteiger partial charge in [0.05, 0.1) is 7.11 Å². The molecule has 1 saturated heterocycles. The second-order valence-corrected chi connectivity index (χ2v) is 9.39. The second kappa shape index (κ2) is 9.10. The summed E-state index contributed by atoms with van der Waals surface area (Å²) in [7, 11) is 1.67. The van der Waals surface area contributed by atoms with Gasteiger partial charge in [-0.2, -0.15) is 0 Å². The number of hydrogen-bond acceptors (Lipinski definition) is 4. The quantitative estimate of drug-likeness (QED) is 0.556. The molecule has 1 amide bonds.